The van der Waals surface area contributed by atoms with Gasteiger partial charge in [0.15, 0.2) is 0 Å². The predicted octanol–water partition coefficient (Wildman–Crippen LogP) is 3.96. The van der Waals surface area contributed by atoms with Crippen LogP contribution in [0.2, 0.25) is 10.4 Å². The summed E-state index contributed by atoms with van der Waals surface area (Å²) in [6.45, 7) is 0. The Morgan fingerprint density at radius 2 is 1.75 bits per heavy atom. The molecule has 2 aromatic rings. The van der Waals surface area contributed by atoms with Crippen LogP contribution in [0.1, 0.15) is 5.56 Å². The van der Waals surface area contributed by atoms with Crippen molar-refractivity contribution in [3.8, 4) is 0 Å². The maximum absolute atomic E-state index is 12.4. The van der Waals surface area contributed by atoms with Crippen LogP contribution in [0.25, 0.3) is 10.9 Å². The maximum Gasteiger partial charge on any atom is 0.416 e. The van der Waals surface area contributed by atoms with Crippen molar-refractivity contribution in [3.63, 3.8) is 0 Å². The number of nitrogens with zero attached hydrogens (tertiary/aromatic N) is 2. The fourth-order valence-electron chi connectivity index (χ4n) is 1.24. The van der Waals surface area contributed by atoms with E-state index in [1.54, 1.807) is 0 Å². The molecular formula is C9H3Cl2F3N2. The fraction of sp³-hybridized carbons (Fsp3) is 0.111. The largest absolute Gasteiger partial charge is 0.416 e. The van der Waals surface area contributed by atoms with Crippen LogP contribution >= 0.6 is 23.2 Å². The lowest BCUT2D eigenvalue weighted by molar-refractivity contribution is -0.137. The summed E-state index contributed by atoms with van der Waals surface area (Å²) < 4.78 is 37.3. The van der Waals surface area contributed by atoms with Gasteiger partial charge in [-0.15, -0.1) is 0 Å². The van der Waals surface area contributed by atoms with Crippen LogP contribution in [0, 0.1) is 0 Å². The number of halogens is 5. The fourth-order valence-corrected chi connectivity index (χ4v) is 1.69. The Morgan fingerprint density at radius 3 is 2.38 bits per heavy atom. The highest BCUT2D eigenvalue weighted by molar-refractivity contribution is 6.35. The third kappa shape index (κ3) is 2.05. The lowest BCUT2D eigenvalue weighted by Crippen LogP contribution is -2.04. The van der Waals surface area contributed by atoms with Crippen molar-refractivity contribution in [1.29, 1.82) is 0 Å². The molecular weight excluding hydrogens is 264 g/mol. The minimum atomic E-state index is -4.42. The van der Waals surface area contributed by atoms with Gasteiger partial charge in [-0.25, -0.2) is 9.97 Å². The highest BCUT2D eigenvalue weighted by Crippen LogP contribution is 2.32. The summed E-state index contributed by atoms with van der Waals surface area (Å²) in [4.78, 5) is 7.34. The first-order chi connectivity index (χ1) is 7.38. The Kier molecular flexibility index (Phi) is 2.67. The van der Waals surface area contributed by atoms with E-state index in [2.05, 4.69) is 9.97 Å². The average Bonchev–Trinajstić information content (AvgIpc) is 2.15. The summed E-state index contributed by atoms with van der Waals surface area (Å²) >= 11 is 11.2. The Morgan fingerprint density at radius 1 is 1.06 bits per heavy atom. The number of fused-ring (bicyclic) bond motifs is 1. The molecule has 0 aliphatic heterocycles. The van der Waals surface area contributed by atoms with Gasteiger partial charge < -0.3 is 0 Å². The van der Waals surface area contributed by atoms with Crippen LogP contribution in [-0.2, 0) is 6.18 Å². The van der Waals surface area contributed by atoms with Gasteiger partial charge in [0, 0.05) is 5.39 Å². The summed E-state index contributed by atoms with van der Waals surface area (Å²) in [6.07, 6.45) is -4.42. The van der Waals surface area contributed by atoms with E-state index in [0.717, 1.165) is 12.1 Å². The number of rotatable bonds is 0. The smallest absolute Gasteiger partial charge is 0.218 e. The minimum absolute atomic E-state index is 0.0962. The molecule has 1 aromatic carbocycles. The summed E-state index contributed by atoms with van der Waals surface area (Å²) in [7, 11) is 0. The lowest BCUT2D eigenvalue weighted by Gasteiger charge is -2.07. The molecule has 0 fully saturated rings. The molecule has 0 saturated heterocycles. The van der Waals surface area contributed by atoms with Crippen LogP contribution in [0.3, 0.4) is 0 Å². The summed E-state index contributed by atoms with van der Waals surface area (Å²) in [5.41, 5.74) is -0.522. The van der Waals surface area contributed by atoms with Crippen LogP contribution in [0.4, 0.5) is 13.2 Å². The first-order valence-electron chi connectivity index (χ1n) is 4.08. The molecule has 16 heavy (non-hydrogen) atoms. The molecule has 1 heterocycles. The van der Waals surface area contributed by atoms with E-state index in [1.807, 2.05) is 0 Å². The van der Waals surface area contributed by atoms with Gasteiger partial charge in [0.1, 0.15) is 5.15 Å². The molecule has 2 nitrogen and oxygen atoms in total. The van der Waals surface area contributed by atoms with Gasteiger partial charge in [0.05, 0.1) is 11.1 Å². The zero-order valence-corrected chi connectivity index (χ0v) is 9.03. The minimum Gasteiger partial charge on any atom is -0.218 e. The number of hydrogen-bond donors (Lipinski definition) is 0. The quantitative estimate of drug-likeness (QED) is 0.533. The van der Waals surface area contributed by atoms with Gasteiger partial charge in [-0.05, 0) is 29.8 Å². The van der Waals surface area contributed by atoms with Crippen molar-refractivity contribution in [1.82, 2.24) is 9.97 Å². The van der Waals surface area contributed by atoms with Crippen molar-refractivity contribution in [2.24, 2.45) is 0 Å². The van der Waals surface area contributed by atoms with Crippen molar-refractivity contribution < 1.29 is 13.2 Å². The number of aromatic nitrogens is 2. The Bertz CT molecular complexity index is 554. The molecule has 0 aliphatic carbocycles. The van der Waals surface area contributed by atoms with Crippen molar-refractivity contribution in [2.45, 2.75) is 6.18 Å². The topological polar surface area (TPSA) is 25.8 Å². The van der Waals surface area contributed by atoms with Crippen LogP contribution < -0.4 is 0 Å². The maximum atomic E-state index is 12.4. The number of alkyl halides is 3. The number of benzene rings is 1. The normalized spacial score (nSPS) is 12.1. The zero-order chi connectivity index (χ0) is 11.9. The molecule has 0 bridgehead atoms. The second-order valence-electron chi connectivity index (χ2n) is 3.01. The molecule has 0 spiro atoms. The first kappa shape index (κ1) is 11.4. The van der Waals surface area contributed by atoms with E-state index in [1.165, 1.54) is 6.07 Å². The SMILES string of the molecule is FC(F)(F)c1ccc2nc(Cl)nc(Cl)c2c1. The average molecular weight is 267 g/mol. The Labute approximate surface area is 98.0 Å². The van der Waals surface area contributed by atoms with E-state index >= 15 is 0 Å². The molecule has 0 amide bonds. The van der Waals surface area contributed by atoms with Crippen molar-refractivity contribution >= 4 is 34.1 Å². The van der Waals surface area contributed by atoms with Crippen molar-refractivity contribution in [3.05, 3.63) is 34.2 Å². The number of hydrogen-bond acceptors (Lipinski definition) is 2. The monoisotopic (exact) mass is 266 g/mol. The molecule has 0 radical (unpaired) electrons. The van der Waals surface area contributed by atoms with E-state index in [4.69, 9.17) is 23.2 Å². The molecule has 7 heteroatoms. The van der Waals surface area contributed by atoms with E-state index in [9.17, 15) is 13.2 Å². The molecule has 0 N–H and O–H groups in total. The Balaban J connectivity index is 2.72. The third-order valence-electron chi connectivity index (χ3n) is 1.95. The summed E-state index contributed by atoms with van der Waals surface area (Å²) in [5.74, 6) is 0. The van der Waals surface area contributed by atoms with E-state index in [-0.39, 0.29) is 21.3 Å². The van der Waals surface area contributed by atoms with Gasteiger partial charge in [0.2, 0.25) is 5.28 Å². The standard InChI is InChI=1S/C9H3Cl2F3N2/c10-7-5-3-4(9(12,13)14)1-2-6(5)15-8(11)16-7/h1-3H. The molecule has 84 valence electrons. The first-order valence-corrected chi connectivity index (χ1v) is 4.83. The van der Waals surface area contributed by atoms with Crippen molar-refractivity contribution in [2.75, 3.05) is 0 Å². The zero-order valence-electron chi connectivity index (χ0n) is 7.52. The van der Waals surface area contributed by atoms with Gasteiger partial charge in [-0.2, -0.15) is 13.2 Å². The second kappa shape index (κ2) is 3.75. The molecule has 2 rings (SSSR count). The van der Waals surface area contributed by atoms with Gasteiger partial charge in [-0.3, -0.25) is 0 Å². The van der Waals surface area contributed by atoms with Crippen LogP contribution in [0.5, 0.6) is 0 Å². The van der Waals surface area contributed by atoms with Gasteiger partial charge >= 0.3 is 6.18 Å². The van der Waals surface area contributed by atoms with E-state index in [0.29, 0.717) is 0 Å². The highest BCUT2D eigenvalue weighted by atomic mass is 35.5. The highest BCUT2D eigenvalue weighted by Gasteiger charge is 2.30. The van der Waals surface area contributed by atoms with Gasteiger partial charge in [-0.1, -0.05) is 11.6 Å². The molecule has 0 unspecified atom stereocenters. The van der Waals surface area contributed by atoms with Gasteiger partial charge in [0.25, 0.3) is 0 Å². The summed E-state index contributed by atoms with van der Waals surface area (Å²) in [5, 5.41) is -0.0701. The third-order valence-corrected chi connectivity index (χ3v) is 2.41. The van der Waals surface area contributed by atoms with Crippen LogP contribution in [0.15, 0.2) is 18.2 Å². The molecule has 1 aromatic heterocycles. The summed E-state index contributed by atoms with van der Waals surface area (Å²) in [6, 6.07) is 3.02. The lowest BCUT2D eigenvalue weighted by atomic mass is 10.1. The Hall–Kier alpha value is -1.07. The predicted molar refractivity (Wildman–Crippen MR) is 54.6 cm³/mol. The molecule has 0 aliphatic rings. The van der Waals surface area contributed by atoms with E-state index < -0.39 is 11.7 Å². The van der Waals surface area contributed by atoms with Crippen LogP contribution in [-0.4, -0.2) is 9.97 Å². The molecule has 0 atom stereocenters. The second-order valence-corrected chi connectivity index (χ2v) is 3.71. The molecule has 0 saturated carbocycles.